The van der Waals surface area contributed by atoms with Gasteiger partial charge in [-0.1, -0.05) is 66.2 Å². The van der Waals surface area contributed by atoms with Crippen LogP contribution < -0.4 is 0 Å². The van der Waals surface area contributed by atoms with Gasteiger partial charge in [-0.05, 0) is 36.6 Å². The molecule has 1 aliphatic heterocycles. The Kier molecular flexibility index (Phi) is 6.14. The van der Waals surface area contributed by atoms with Crippen LogP contribution in [0.25, 0.3) is 0 Å². The Morgan fingerprint density at radius 2 is 1.42 bits per heavy atom. The van der Waals surface area contributed by atoms with E-state index in [4.69, 9.17) is 0 Å². The van der Waals surface area contributed by atoms with E-state index in [1.807, 2.05) is 18.2 Å². The van der Waals surface area contributed by atoms with Gasteiger partial charge in [-0.2, -0.15) is 0 Å². The van der Waals surface area contributed by atoms with Crippen LogP contribution >= 0.6 is 0 Å². The van der Waals surface area contributed by atoms with Gasteiger partial charge in [-0.15, -0.1) is 0 Å². The van der Waals surface area contributed by atoms with Crippen LogP contribution in [-0.4, -0.2) is 41.9 Å². The van der Waals surface area contributed by atoms with Crippen LogP contribution in [0.1, 0.15) is 38.7 Å². The van der Waals surface area contributed by atoms with E-state index in [0.717, 1.165) is 6.07 Å². The van der Waals surface area contributed by atoms with E-state index in [1.165, 1.54) is 29.7 Å². The highest BCUT2D eigenvalue weighted by molar-refractivity contribution is 5.95. The van der Waals surface area contributed by atoms with E-state index in [-0.39, 0.29) is 11.6 Å². The van der Waals surface area contributed by atoms with E-state index in [0.29, 0.717) is 26.2 Å². The average molecular weight is 421 g/mol. The molecular formula is C26H26F2N2O. The number of halogens is 2. The van der Waals surface area contributed by atoms with Crippen molar-refractivity contribution in [3.8, 4) is 0 Å². The molecule has 1 atom stereocenters. The second kappa shape index (κ2) is 8.98. The second-order valence-corrected chi connectivity index (χ2v) is 8.11. The molecule has 3 aromatic carbocycles. The Bertz CT molecular complexity index is 1060. The van der Waals surface area contributed by atoms with Crippen molar-refractivity contribution >= 4 is 5.91 Å². The Labute approximate surface area is 181 Å². The molecule has 31 heavy (non-hydrogen) atoms. The number of nitrogens with zero attached hydrogens (tertiary/aromatic N) is 2. The molecule has 0 N–H and O–H groups in total. The van der Waals surface area contributed by atoms with Gasteiger partial charge in [-0.3, -0.25) is 9.69 Å². The zero-order chi connectivity index (χ0) is 22.0. The van der Waals surface area contributed by atoms with Gasteiger partial charge >= 0.3 is 0 Å². The van der Waals surface area contributed by atoms with Crippen molar-refractivity contribution in [2.75, 3.05) is 26.2 Å². The summed E-state index contributed by atoms with van der Waals surface area (Å²) in [5, 5.41) is 0. The molecule has 5 heteroatoms. The lowest BCUT2D eigenvalue weighted by molar-refractivity contribution is 0.0588. The Morgan fingerprint density at radius 1 is 0.806 bits per heavy atom. The fourth-order valence-electron chi connectivity index (χ4n) is 4.19. The molecule has 0 spiro atoms. The van der Waals surface area contributed by atoms with Gasteiger partial charge < -0.3 is 4.90 Å². The summed E-state index contributed by atoms with van der Waals surface area (Å²) in [7, 11) is 0. The predicted octanol–water partition coefficient (Wildman–Crippen LogP) is 5.13. The quantitative estimate of drug-likeness (QED) is 0.584. The maximum absolute atomic E-state index is 14.5. The van der Waals surface area contributed by atoms with Crippen molar-refractivity contribution < 1.29 is 13.6 Å². The lowest BCUT2D eigenvalue weighted by atomic mass is 9.95. The highest BCUT2D eigenvalue weighted by Gasteiger charge is 2.31. The average Bonchev–Trinajstić information content (AvgIpc) is 2.79. The van der Waals surface area contributed by atoms with Crippen LogP contribution in [0.5, 0.6) is 0 Å². The third-order valence-electron chi connectivity index (χ3n) is 5.97. The SMILES string of the molecule is Cc1ccc([C@H](c2ccccc2)N2CCN(C(=O)c3c(F)ccc(C)c3F)CC2)cc1. The first-order chi connectivity index (χ1) is 15.0. The smallest absolute Gasteiger partial charge is 0.259 e. The summed E-state index contributed by atoms with van der Waals surface area (Å²) in [6.07, 6.45) is 0. The van der Waals surface area contributed by atoms with Crippen molar-refractivity contribution in [1.29, 1.82) is 0 Å². The first-order valence-electron chi connectivity index (χ1n) is 10.5. The monoisotopic (exact) mass is 420 g/mol. The molecule has 1 fully saturated rings. The molecule has 0 aromatic heterocycles. The minimum Gasteiger partial charge on any atom is -0.336 e. The minimum atomic E-state index is -0.808. The van der Waals surface area contributed by atoms with Crippen molar-refractivity contribution in [1.82, 2.24) is 9.80 Å². The number of carbonyl (C=O) groups excluding carboxylic acids is 1. The van der Waals surface area contributed by atoms with Crippen LogP contribution in [0.4, 0.5) is 8.78 Å². The molecule has 1 amide bonds. The molecule has 0 bridgehead atoms. The Balaban J connectivity index is 1.55. The third-order valence-corrected chi connectivity index (χ3v) is 5.97. The summed E-state index contributed by atoms with van der Waals surface area (Å²) in [6.45, 7) is 5.68. The van der Waals surface area contributed by atoms with E-state index >= 15 is 0 Å². The van der Waals surface area contributed by atoms with Gasteiger partial charge in [-0.25, -0.2) is 8.78 Å². The van der Waals surface area contributed by atoms with E-state index in [9.17, 15) is 13.6 Å². The topological polar surface area (TPSA) is 23.6 Å². The predicted molar refractivity (Wildman–Crippen MR) is 118 cm³/mol. The number of amides is 1. The summed E-state index contributed by atoms with van der Waals surface area (Å²) in [5.41, 5.74) is 3.39. The maximum Gasteiger partial charge on any atom is 0.259 e. The third kappa shape index (κ3) is 4.37. The number of benzene rings is 3. The molecule has 3 aromatic rings. The van der Waals surface area contributed by atoms with Gasteiger partial charge in [0, 0.05) is 26.2 Å². The minimum absolute atomic E-state index is 0.0616. The summed E-state index contributed by atoms with van der Waals surface area (Å²) >= 11 is 0. The van der Waals surface area contributed by atoms with Gasteiger partial charge in [0.2, 0.25) is 0 Å². The molecule has 0 radical (unpaired) electrons. The van der Waals surface area contributed by atoms with Crippen LogP contribution in [0.15, 0.2) is 66.7 Å². The zero-order valence-corrected chi connectivity index (χ0v) is 17.8. The van der Waals surface area contributed by atoms with E-state index < -0.39 is 23.1 Å². The van der Waals surface area contributed by atoms with Crippen LogP contribution in [0.3, 0.4) is 0 Å². The van der Waals surface area contributed by atoms with Gasteiger partial charge in [0.05, 0.1) is 6.04 Å². The highest BCUT2D eigenvalue weighted by Crippen LogP contribution is 2.30. The number of aryl methyl sites for hydroxylation is 2. The summed E-state index contributed by atoms with van der Waals surface area (Å²) < 4.78 is 28.7. The highest BCUT2D eigenvalue weighted by atomic mass is 19.1. The van der Waals surface area contributed by atoms with Crippen molar-refractivity contribution in [2.24, 2.45) is 0 Å². The summed E-state index contributed by atoms with van der Waals surface area (Å²) in [4.78, 5) is 16.8. The molecular weight excluding hydrogens is 394 g/mol. The van der Waals surface area contributed by atoms with Crippen molar-refractivity contribution in [3.63, 3.8) is 0 Å². The molecule has 4 rings (SSSR count). The van der Waals surface area contributed by atoms with Crippen LogP contribution in [0, 0.1) is 25.5 Å². The second-order valence-electron chi connectivity index (χ2n) is 8.11. The number of rotatable bonds is 4. The van der Waals surface area contributed by atoms with Crippen LogP contribution in [0.2, 0.25) is 0 Å². The molecule has 160 valence electrons. The standard InChI is InChI=1S/C26H26F2N2O/c1-18-8-11-21(12-9-18)25(20-6-4-3-5-7-20)29-14-16-30(17-15-29)26(31)23-22(27)13-10-19(2)24(23)28/h3-13,25H,14-17H2,1-2H3/t25-/m0/s1. The van der Waals surface area contributed by atoms with Gasteiger partial charge in [0.25, 0.3) is 5.91 Å². The van der Waals surface area contributed by atoms with Gasteiger partial charge in [0.1, 0.15) is 17.2 Å². The number of carbonyl (C=O) groups is 1. The number of hydrogen-bond donors (Lipinski definition) is 0. The molecule has 0 unspecified atom stereocenters. The Morgan fingerprint density at radius 3 is 2.06 bits per heavy atom. The Hall–Kier alpha value is -3.05. The first kappa shape index (κ1) is 21.2. The molecule has 3 nitrogen and oxygen atoms in total. The number of piperazine rings is 1. The fourth-order valence-corrected chi connectivity index (χ4v) is 4.19. The van der Waals surface area contributed by atoms with Gasteiger partial charge in [0.15, 0.2) is 0 Å². The first-order valence-corrected chi connectivity index (χ1v) is 10.5. The zero-order valence-electron chi connectivity index (χ0n) is 17.8. The number of hydrogen-bond acceptors (Lipinski definition) is 2. The lowest BCUT2D eigenvalue weighted by Crippen LogP contribution is -2.50. The summed E-state index contributed by atoms with van der Waals surface area (Å²) in [5.74, 6) is -2.16. The summed E-state index contributed by atoms with van der Waals surface area (Å²) in [6, 6.07) is 21.3. The van der Waals surface area contributed by atoms with Crippen LogP contribution in [-0.2, 0) is 0 Å². The molecule has 0 saturated carbocycles. The fraction of sp³-hybridized carbons (Fsp3) is 0.269. The lowest BCUT2D eigenvalue weighted by Gasteiger charge is -2.40. The normalized spacial score (nSPS) is 15.7. The molecule has 0 aliphatic carbocycles. The van der Waals surface area contributed by atoms with Crippen molar-refractivity contribution in [2.45, 2.75) is 19.9 Å². The van der Waals surface area contributed by atoms with E-state index in [1.54, 1.807) is 4.90 Å². The molecule has 1 aliphatic rings. The molecule has 1 heterocycles. The molecule has 1 saturated heterocycles. The van der Waals surface area contributed by atoms with Crippen molar-refractivity contribution in [3.05, 3.63) is 106 Å². The largest absolute Gasteiger partial charge is 0.336 e. The van der Waals surface area contributed by atoms with E-state index in [2.05, 4.69) is 48.2 Å². The maximum atomic E-state index is 14.5.